The quantitative estimate of drug-likeness (QED) is 0.697. The van der Waals surface area contributed by atoms with Gasteiger partial charge in [0, 0.05) is 11.6 Å². The molecule has 0 spiro atoms. The van der Waals surface area contributed by atoms with Gasteiger partial charge in [0.25, 0.3) is 0 Å². The molecule has 0 amide bonds. The largest absolute Gasteiger partial charge is 0.305 e. The normalized spacial score (nSPS) is 16.0. The highest BCUT2D eigenvalue weighted by atomic mass is 35.5. The number of nitrogens with zero attached hydrogens (tertiary/aromatic N) is 1. The van der Waals surface area contributed by atoms with E-state index in [-0.39, 0.29) is 12.4 Å². The van der Waals surface area contributed by atoms with Crippen molar-refractivity contribution in [2.45, 2.75) is 38.5 Å². The highest BCUT2D eigenvalue weighted by Gasteiger charge is 2.12. The third kappa shape index (κ3) is 5.47. The van der Waals surface area contributed by atoms with Crippen molar-refractivity contribution in [1.82, 2.24) is 4.90 Å². The first-order valence-corrected chi connectivity index (χ1v) is 7.62. The Hall–Kier alpha value is -0.500. The van der Waals surface area contributed by atoms with Gasteiger partial charge in [-0.25, -0.2) is 0 Å². The van der Waals surface area contributed by atoms with E-state index in [1.807, 2.05) is 12.1 Å². The number of hydrogen-bond acceptors (Lipinski definition) is 1. The molecular formula is C17H25Cl2N. The Balaban J connectivity index is 0.00000200. The van der Waals surface area contributed by atoms with Crippen LogP contribution in [0.3, 0.4) is 0 Å². The van der Waals surface area contributed by atoms with Gasteiger partial charge in [-0.05, 0) is 63.9 Å². The minimum atomic E-state index is 0. The highest BCUT2D eigenvalue weighted by molar-refractivity contribution is 6.30. The highest BCUT2D eigenvalue weighted by Crippen LogP contribution is 2.27. The SMILES string of the molecule is CN(C)CC1=C(Cc2ccc(Cl)cc2)CCCCC1.Cl. The molecule has 1 aromatic rings. The lowest BCUT2D eigenvalue weighted by atomic mass is 9.96. The second kappa shape index (κ2) is 8.71. The summed E-state index contributed by atoms with van der Waals surface area (Å²) >= 11 is 5.96. The van der Waals surface area contributed by atoms with Crippen molar-refractivity contribution in [2.24, 2.45) is 0 Å². The van der Waals surface area contributed by atoms with Crippen LogP contribution < -0.4 is 0 Å². The lowest BCUT2D eigenvalue weighted by Crippen LogP contribution is -2.16. The zero-order chi connectivity index (χ0) is 13.7. The number of hydrogen-bond donors (Lipinski definition) is 0. The fourth-order valence-corrected chi connectivity index (χ4v) is 2.97. The van der Waals surface area contributed by atoms with Crippen molar-refractivity contribution in [3.63, 3.8) is 0 Å². The first kappa shape index (κ1) is 17.6. The molecule has 1 aliphatic rings. The number of likely N-dealkylation sites (N-methyl/N-ethyl adjacent to an activating group) is 1. The second-order valence-electron chi connectivity index (χ2n) is 5.81. The van der Waals surface area contributed by atoms with E-state index in [9.17, 15) is 0 Å². The summed E-state index contributed by atoms with van der Waals surface area (Å²) in [7, 11) is 4.33. The van der Waals surface area contributed by atoms with Crippen LogP contribution in [-0.4, -0.2) is 25.5 Å². The van der Waals surface area contributed by atoms with E-state index in [0.29, 0.717) is 0 Å². The van der Waals surface area contributed by atoms with E-state index in [1.54, 1.807) is 11.1 Å². The van der Waals surface area contributed by atoms with Crippen molar-refractivity contribution in [3.8, 4) is 0 Å². The zero-order valence-electron chi connectivity index (χ0n) is 12.5. The molecule has 0 heterocycles. The van der Waals surface area contributed by atoms with Gasteiger partial charge < -0.3 is 4.90 Å². The van der Waals surface area contributed by atoms with E-state index >= 15 is 0 Å². The van der Waals surface area contributed by atoms with Crippen LogP contribution in [0.15, 0.2) is 35.4 Å². The average molecular weight is 314 g/mol. The minimum absolute atomic E-state index is 0. The van der Waals surface area contributed by atoms with Crippen LogP contribution >= 0.6 is 24.0 Å². The maximum Gasteiger partial charge on any atom is 0.0406 e. The van der Waals surface area contributed by atoms with Crippen LogP contribution in [0.5, 0.6) is 0 Å². The van der Waals surface area contributed by atoms with E-state index in [1.165, 1.54) is 37.7 Å². The van der Waals surface area contributed by atoms with Crippen LogP contribution in [0, 0.1) is 0 Å². The van der Waals surface area contributed by atoms with Crippen LogP contribution in [-0.2, 0) is 6.42 Å². The topological polar surface area (TPSA) is 3.24 Å². The van der Waals surface area contributed by atoms with E-state index in [4.69, 9.17) is 11.6 Å². The van der Waals surface area contributed by atoms with Crippen molar-refractivity contribution in [1.29, 1.82) is 0 Å². The molecule has 1 aromatic carbocycles. The predicted octanol–water partition coefficient (Wildman–Crippen LogP) is 5.13. The van der Waals surface area contributed by atoms with Crippen LogP contribution in [0.2, 0.25) is 5.02 Å². The summed E-state index contributed by atoms with van der Waals surface area (Å²) in [6, 6.07) is 8.32. The monoisotopic (exact) mass is 313 g/mol. The lowest BCUT2D eigenvalue weighted by molar-refractivity contribution is 0.436. The minimum Gasteiger partial charge on any atom is -0.305 e. The van der Waals surface area contributed by atoms with Crippen molar-refractivity contribution < 1.29 is 0 Å². The van der Waals surface area contributed by atoms with Crippen molar-refractivity contribution in [3.05, 3.63) is 46.0 Å². The Morgan fingerprint density at radius 2 is 1.55 bits per heavy atom. The van der Waals surface area contributed by atoms with Gasteiger partial charge in [-0.2, -0.15) is 0 Å². The first-order chi connectivity index (χ1) is 9.15. The molecule has 0 radical (unpaired) electrons. The number of halogens is 2. The molecule has 0 saturated heterocycles. The molecule has 0 aromatic heterocycles. The molecule has 3 heteroatoms. The number of allylic oxidation sites excluding steroid dienone is 1. The standard InChI is InChI=1S/C17H24ClN.ClH/c1-19(2)13-16-7-5-3-4-6-15(16)12-14-8-10-17(18)11-9-14;/h8-11H,3-7,12-13H2,1-2H3;1H. The molecule has 0 bridgehead atoms. The Bertz CT molecular complexity index is 435. The molecule has 0 aliphatic heterocycles. The summed E-state index contributed by atoms with van der Waals surface area (Å²) in [6.45, 7) is 1.11. The molecule has 20 heavy (non-hydrogen) atoms. The summed E-state index contributed by atoms with van der Waals surface area (Å²) in [5, 5.41) is 0.826. The molecule has 2 rings (SSSR count). The fourth-order valence-electron chi connectivity index (χ4n) is 2.84. The van der Waals surface area contributed by atoms with Gasteiger partial charge in [0.1, 0.15) is 0 Å². The maximum atomic E-state index is 5.96. The third-order valence-electron chi connectivity index (χ3n) is 3.79. The molecule has 0 unspecified atom stereocenters. The Morgan fingerprint density at radius 1 is 0.950 bits per heavy atom. The van der Waals surface area contributed by atoms with Crippen LogP contribution in [0.1, 0.15) is 37.7 Å². The summed E-state index contributed by atoms with van der Waals surface area (Å²) < 4.78 is 0. The molecule has 1 nitrogen and oxygen atoms in total. The third-order valence-corrected chi connectivity index (χ3v) is 4.05. The van der Waals surface area contributed by atoms with Crippen molar-refractivity contribution >= 4 is 24.0 Å². The first-order valence-electron chi connectivity index (χ1n) is 7.24. The zero-order valence-corrected chi connectivity index (χ0v) is 14.1. The predicted molar refractivity (Wildman–Crippen MR) is 91.1 cm³/mol. The maximum absolute atomic E-state index is 5.96. The molecule has 0 saturated carbocycles. The number of rotatable bonds is 4. The van der Waals surface area contributed by atoms with Gasteiger partial charge in [-0.1, -0.05) is 41.3 Å². The van der Waals surface area contributed by atoms with Gasteiger partial charge in [0.05, 0.1) is 0 Å². The summed E-state index contributed by atoms with van der Waals surface area (Å²) in [6.07, 6.45) is 7.72. The van der Waals surface area contributed by atoms with Gasteiger partial charge in [-0.3, -0.25) is 0 Å². The van der Waals surface area contributed by atoms with Gasteiger partial charge in [0.15, 0.2) is 0 Å². The molecule has 112 valence electrons. The van der Waals surface area contributed by atoms with E-state index in [2.05, 4.69) is 31.1 Å². The molecule has 0 atom stereocenters. The Labute approximate surface area is 134 Å². The van der Waals surface area contributed by atoms with Crippen LogP contribution in [0.4, 0.5) is 0 Å². The average Bonchev–Trinajstić information content (AvgIpc) is 2.58. The molecule has 0 fully saturated rings. The summed E-state index contributed by atoms with van der Waals surface area (Å²) in [5.41, 5.74) is 4.71. The van der Waals surface area contributed by atoms with E-state index in [0.717, 1.165) is 18.0 Å². The van der Waals surface area contributed by atoms with Gasteiger partial charge >= 0.3 is 0 Å². The number of benzene rings is 1. The summed E-state index contributed by atoms with van der Waals surface area (Å²) in [4.78, 5) is 2.29. The molecule has 0 N–H and O–H groups in total. The fraction of sp³-hybridized carbons (Fsp3) is 0.529. The Morgan fingerprint density at radius 3 is 2.15 bits per heavy atom. The second-order valence-corrected chi connectivity index (χ2v) is 6.25. The van der Waals surface area contributed by atoms with Crippen molar-refractivity contribution in [2.75, 3.05) is 20.6 Å². The van der Waals surface area contributed by atoms with Crippen LogP contribution in [0.25, 0.3) is 0 Å². The summed E-state index contributed by atoms with van der Waals surface area (Å²) in [5.74, 6) is 0. The van der Waals surface area contributed by atoms with E-state index < -0.39 is 0 Å². The molecule has 1 aliphatic carbocycles. The smallest absolute Gasteiger partial charge is 0.0406 e. The van der Waals surface area contributed by atoms with Gasteiger partial charge in [0.2, 0.25) is 0 Å². The van der Waals surface area contributed by atoms with Gasteiger partial charge in [-0.15, -0.1) is 12.4 Å². The molecular weight excluding hydrogens is 289 g/mol. The lowest BCUT2D eigenvalue weighted by Gasteiger charge is -2.17. The Kier molecular flexibility index (Phi) is 7.65.